The normalized spacial score (nSPS) is 45.9. The molecule has 3 aliphatic rings. The van der Waals surface area contributed by atoms with Crippen molar-refractivity contribution in [3.63, 3.8) is 0 Å². The molecule has 3 rings (SSSR count). The van der Waals surface area contributed by atoms with Crippen LogP contribution < -0.4 is 0 Å². The maximum atomic E-state index is 12.7. The zero-order chi connectivity index (χ0) is 10.7. The molecule has 0 radical (unpaired) electrons. The second-order valence-electron chi connectivity index (χ2n) is 5.74. The molecule has 4 heteroatoms. The summed E-state index contributed by atoms with van der Waals surface area (Å²) in [6.45, 7) is 1.43. The quantitative estimate of drug-likeness (QED) is 0.569. The maximum absolute atomic E-state index is 12.7. The van der Waals surface area contributed by atoms with Crippen LogP contribution in [0.2, 0.25) is 5.82 Å². The Morgan fingerprint density at radius 3 is 2.07 bits per heavy atom. The average Bonchev–Trinajstić information content (AvgIpc) is 2.01. The van der Waals surface area contributed by atoms with Crippen LogP contribution in [-0.2, 0) is 0 Å². The van der Waals surface area contributed by atoms with E-state index in [9.17, 15) is 12.9 Å². The van der Waals surface area contributed by atoms with E-state index in [4.69, 9.17) is 0 Å². The van der Waals surface area contributed by atoms with E-state index >= 15 is 0 Å². The Hall–Kier alpha value is -0.145. The van der Waals surface area contributed by atoms with E-state index in [1.807, 2.05) is 0 Å². The van der Waals surface area contributed by atoms with Crippen LogP contribution in [-0.4, -0.2) is 6.98 Å². The van der Waals surface area contributed by atoms with Gasteiger partial charge in [-0.05, 0) is 23.7 Å². The molecule has 0 heterocycles. The van der Waals surface area contributed by atoms with Crippen molar-refractivity contribution in [1.82, 2.24) is 0 Å². The van der Waals surface area contributed by atoms with Gasteiger partial charge in [0.15, 0.2) is 0 Å². The first kappa shape index (κ1) is 10.4. The SMILES string of the molecule is C[C@@H]1[C@@H]([B-](F)(F)F)C[C@H]2C[C@@H]1C2(C)C. The van der Waals surface area contributed by atoms with E-state index in [1.165, 1.54) is 0 Å². The molecule has 0 unspecified atom stereocenters. The molecular weight excluding hydrogens is 188 g/mol. The maximum Gasteiger partial charge on any atom is 0.481 e. The molecule has 0 spiro atoms. The van der Waals surface area contributed by atoms with Crippen molar-refractivity contribution in [2.45, 2.75) is 39.4 Å². The third-order valence-corrected chi connectivity index (χ3v) is 4.90. The standard InChI is InChI=1S/C10H17BF3/c1-6-8-4-7(10(8,2)3)5-9(6)11(12,13)14/h6-9H,4-5H2,1-3H3/q-1/t6-,7+,8-,9-/m0/s1. The van der Waals surface area contributed by atoms with E-state index in [-0.39, 0.29) is 11.3 Å². The van der Waals surface area contributed by atoms with Crippen LogP contribution in [0.5, 0.6) is 0 Å². The number of hydrogen-bond donors (Lipinski definition) is 0. The van der Waals surface area contributed by atoms with E-state index < -0.39 is 12.8 Å². The highest BCUT2D eigenvalue weighted by molar-refractivity contribution is 6.60. The van der Waals surface area contributed by atoms with Crippen LogP contribution in [0.1, 0.15) is 33.6 Å². The predicted octanol–water partition coefficient (Wildman–Crippen LogP) is 3.91. The van der Waals surface area contributed by atoms with Crippen molar-refractivity contribution in [3.8, 4) is 0 Å². The van der Waals surface area contributed by atoms with Gasteiger partial charge >= 0.3 is 6.98 Å². The van der Waals surface area contributed by atoms with Gasteiger partial charge in [-0.25, -0.2) is 0 Å². The molecule has 0 nitrogen and oxygen atoms in total. The Labute approximate surface area is 83.3 Å². The summed E-state index contributed by atoms with van der Waals surface area (Å²) in [5.74, 6) is -0.520. The van der Waals surface area contributed by atoms with Gasteiger partial charge in [0.05, 0.1) is 0 Å². The molecule has 3 saturated carbocycles. The first-order chi connectivity index (χ1) is 6.24. The fourth-order valence-corrected chi connectivity index (χ4v) is 3.69. The van der Waals surface area contributed by atoms with Crippen LogP contribution >= 0.6 is 0 Å². The summed E-state index contributed by atoms with van der Waals surface area (Å²) in [7, 11) is 0. The summed E-state index contributed by atoms with van der Waals surface area (Å²) >= 11 is 0. The Balaban J connectivity index is 2.16. The Kier molecular flexibility index (Phi) is 2.00. The second kappa shape index (κ2) is 2.70. The molecule has 2 bridgehead atoms. The van der Waals surface area contributed by atoms with Gasteiger partial charge in [-0.2, -0.15) is 0 Å². The Bertz CT molecular complexity index is 246. The lowest BCUT2D eigenvalue weighted by Gasteiger charge is -2.64. The van der Waals surface area contributed by atoms with Crippen molar-refractivity contribution in [2.24, 2.45) is 23.2 Å². The lowest BCUT2D eigenvalue weighted by Crippen LogP contribution is -2.56. The third kappa shape index (κ3) is 1.22. The first-order valence-corrected chi connectivity index (χ1v) is 5.44. The lowest BCUT2D eigenvalue weighted by molar-refractivity contribution is -0.104. The van der Waals surface area contributed by atoms with Gasteiger partial charge < -0.3 is 12.9 Å². The van der Waals surface area contributed by atoms with Crippen LogP contribution in [0.4, 0.5) is 12.9 Å². The minimum atomic E-state index is -4.62. The fraction of sp³-hybridized carbons (Fsp3) is 1.00. The second-order valence-corrected chi connectivity index (χ2v) is 5.74. The zero-order valence-electron chi connectivity index (χ0n) is 8.93. The first-order valence-electron chi connectivity index (χ1n) is 5.44. The largest absolute Gasteiger partial charge is 0.481 e. The minimum absolute atomic E-state index is 0.157. The summed E-state index contributed by atoms with van der Waals surface area (Å²) in [5.41, 5.74) is 0.164. The molecule has 0 aromatic heterocycles. The summed E-state index contributed by atoms with van der Waals surface area (Å²) in [6, 6.07) is 0. The predicted molar refractivity (Wildman–Crippen MR) is 52.0 cm³/mol. The molecule has 0 aromatic carbocycles. The number of hydrogen-bond acceptors (Lipinski definition) is 0. The summed E-state index contributed by atoms with van der Waals surface area (Å²) in [5, 5.41) is 0. The van der Waals surface area contributed by atoms with Crippen molar-refractivity contribution < 1.29 is 12.9 Å². The Morgan fingerprint density at radius 1 is 1.14 bits per heavy atom. The van der Waals surface area contributed by atoms with E-state index in [1.54, 1.807) is 6.92 Å². The molecule has 0 N–H and O–H groups in total. The Morgan fingerprint density at radius 2 is 1.71 bits per heavy atom. The van der Waals surface area contributed by atoms with Gasteiger partial charge in [0.25, 0.3) is 0 Å². The highest BCUT2D eigenvalue weighted by atomic mass is 19.4. The van der Waals surface area contributed by atoms with Crippen molar-refractivity contribution in [3.05, 3.63) is 0 Å². The van der Waals surface area contributed by atoms with Gasteiger partial charge in [0, 0.05) is 0 Å². The van der Waals surface area contributed by atoms with Gasteiger partial charge in [0.2, 0.25) is 0 Å². The molecular formula is C10H17BF3-. The smallest absolute Gasteiger partial charge is 0.449 e. The van der Waals surface area contributed by atoms with Crippen LogP contribution in [0.3, 0.4) is 0 Å². The lowest BCUT2D eigenvalue weighted by atomic mass is 9.39. The molecule has 0 amide bonds. The van der Waals surface area contributed by atoms with E-state index in [0.717, 1.165) is 6.42 Å². The highest BCUT2D eigenvalue weighted by Gasteiger charge is 2.59. The fourth-order valence-electron chi connectivity index (χ4n) is 3.69. The van der Waals surface area contributed by atoms with Gasteiger partial charge in [-0.3, -0.25) is 0 Å². The van der Waals surface area contributed by atoms with Crippen molar-refractivity contribution in [2.75, 3.05) is 0 Å². The molecule has 4 atom stereocenters. The van der Waals surface area contributed by atoms with Gasteiger partial charge in [-0.15, -0.1) is 0 Å². The molecule has 3 fully saturated rings. The molecule has 0 aliphatic heterocycles. The molecule has 0 saturated heterocycles. The third-order valence-electron chi connectivity index (χ3n) is 4.90. The van der Waals surface area contributed by atoms with Crippen molar-refractivity contribution >= 4 is 6.98 Å². The number of rotatable bonds is 1. The molecule has 82 valence electrons. The van der Waals surface area contributed by atoms with Crippen LogP contribution in [0.25, 0.3) is 0 Å². The van der Waals surface area contributed by atoms with Gasteiger partial charge in [0.1, 0.15) is 0 Å². The van der Waals surface area contributed by atoms with E-state index in [2.05, 4.69) is 13.8 Å². The number of fused-ring (bicyclic) bond motifs is 2. The van der Waals surface area contributed by atoms with E-state index in [0.29, 0.717) is 18.3 Å². The number of halogens is 3. The topological polar surface area (TPSA) is 0 Å². The molecule has 3 aliphatic carbocycles. The summed E-state index contributed by atoms with van der Waals surface area (Å²) in [6.07, 6.45) is 1.41. The zero-order valence-corrected chi connectivity index (χ0v) is 8.93. The minimum Gasteiger partial charge on any atom is -0.449 e. The molecule has 0 aromatic rings. The van der Waals surface area contributed by atoms with Gasteiger partial charge in [-0.1, -0.05) is 38.9 Å². The average molecular weight is 205 g/mol. The summed E-state index contributed by atoms with van der Waals surface area (Å²) in [4.78, 5) is 0. The highest BCUT2D eigenvalue weighted by Crippen LogP contribution is 2.66. The van der Waals surface area contributed by atoms with Crippen LogP contribution in [0, 0.1) is 23.2 Å². The summed E-state index contributed by atoms with van der Waals surface area (Å²) < 4.78 is 38.1. The monoisotopic (exact) mass is 205 g/mol. The van der Waals surface area contributed by atoms with Crippen LogP contribution in [0.15, 0.2) is 0 Å². The van der Waals surface area contributed by atoms with Crippen molar-refractivity contribution in [1.29, 1.82) is 0 Å². The molecule has 14 heavy (non-hydrogen) atoms.